The van der Waals surface area contributed by atoms with E-state index in [1.807, 2.05) is 30.3 Å². The average Bonchev–Trinajstić information content (AvgIpc) is 2.72. The largest absolute Gasteiger partial charge is 0.451 e. The predicted octanol–water partition coefficient (Wildman–Crippen LogP) is 1.91. The first kappa shape index (κ1) is 22.1. The van der Waals surface area contributed by atoms with Crippen molar-refractivity contribution in [2.24, 2.45) is 0 Å². The maximum atomic E-state index is 12.0. The number of hydrogen-bond acceptors (Lipinski definition) is 5. The highest BCUT2D eigenvalue weighted by Crippen LogP contribution is 2.17. The summed E-state index contributed by atoms with van der Waals surface area (Å²) in [5.41, 5.74) is 0.849. The van der Waals surface area contributed by atoms with E-state index in [9.17, 15) is 19.2 Å². The number of amides is 4. The van der Waals surface area contributed by atoms with Crippen LogP contribution in [0.1, 0.15) is 44.6 Å². The lowest BCUT2D eigenvalue weighted by molar-refractivity contribution is -0.154. The Hall–Kier alpha value is -3.16. The van der Waals surface area contributed by atoms with Gasteiger partial charge in [0.05, 0.1) is 0 Å². The molecule has 1 aromatic carbocycles. The third-order valence-electron chi connectivity index (χ3n) is 4.49. The summed E-state index contributed by atoms with van der Waals surface area (Å²) in [6, 6.07) is 8.70. The molecule has 4 amide bonds. The second-order valence-corrected chi connectivity index (χ2v) is 6.89. The molecule has 0 bridgehead atoms. The second-order valence-electron chi connectivity index (χ2n) is 6.89. The number of esters is 1. The van der Waals surface area contributed by atoms with Gasteiger partial charge >= 0.3 is 12.0 Å². The second kappa shape index (κ2) is 11.6. The van der Waals surface area contributed by atoms with Crippen LogP contribution in [0.5, 0.6) is 0 Å². The molecule has 2 rings (SSSR count). The lowest BCUT2D eigenvalue weighted by atomic mass is 9.96. The van der Waals surface area contributed by atoms with E-state index in [0.29, 0.717) is 0 Å². The first-order valence-electron chi connectivity index (χ1n) is 9.76. The third-order valence-corrected chi connectivity index (χ3v) is 4.49. The number of ether oxygens (including phenoxy) is 1. The Kier molecular flexibility index (Phi) is 8.88. The molecule has 8 nitrogen and oxygen atoms in total. The summed E-state index contributed by atoms with van der Waals surface area (Å²) < 4.78 is 4.95. The first-order chi connectivity index (χ1) is 13.9. The molecule has 29 heavy (non-hydrogen) atoms. The van der Waals surface area contributed by atoms with Gasteiger partial charge < -0.3 is 15.4 Å². The summed E-state index contributed by atoms with van der Waals surface area (Å²) in [7, 11) is 0. The Balaban J connectivity index is 1.66. The molecule has 1 saturated carbocycles. The molecule has 1 fully saturated rings. The Morgan fingerprint density at radius 2 is 1.79 bits per heavy atom. The Bertz CT molecular complexity index is 742. The standard InChI is InChI=1S/C21H27N3O5/c1-15(20(27)24-21(28)23-17-10-6-3-7-11-17)29-19(26)14-22-18(25)13-12-16-8-4-2-5-9-16/h2,4-5,8-9,12-13,15,17H,3,6-7,10-11,14H2,1H3,(H,22,25)(H2,23,24,27,28)/b13-12+/t15-/m0/s1. The van der Waals surface area contributed by atoms with Crippen molar-refractivity contribution in [3.05, 3.63) is 42.0 Å². The number of nitrogens with one attached hydrogen (secondary N) is 3. The van der Waals surface area contributed by atoms with Crippen LogP contribution in [0.2, 0.25) is 0 Å². The summed E-state index contributed by atoms with van der Waals surface area (Å²) in [6.45, 7) is 0.974. The van der Waals surface area contributed by atoms with Gasteiger partial charge in [-0.15, -0.1) is 0 Å². The van der Waals surface area contributed by atoms with E-state index < -0.39 is 29.9 Å². The molecule has 1 aromatic rings. The zero-order valence-electron chi connectivity index (χ0n) is 16.5. The number of rotatable bonds is 7. The maximum absolute atomic E-state index is 12.0. The van der Waals surface area contributed by atoms with Crippen LogP contribution in [-0.2, 0) is 19.1 Å². The fourth-order valence-corrected chi connectivity index (χ4v) is 2.93. The summed E-state index contributed by atoms with van der Waals surface area (Å²) in [4.78, 5) is 47.4. The summed E-state index contributed by atoms with van der Waals surface area (Å²) in [5.74, 6) is -1.96. The molecule has 156 valence electrons. The third kappa shape index (κ3) is 8.59. The molecule has 1 atom stereocenters. The van der Waals surface area contributed by atoms with E-state index in [1.165, 1.54) is 13.0 Å². The van der Waals surface area contributed by atoms with Gasteiger partial charge in [0.15, 0.2) is 6.10 Å². The van der Waals surface area contributed by atoms with E-state index in [2.05, 4.69) is 16.0 Å². The normalized spacial score (nSPS) is 15.3. The molecule has 0 aromatic heterocycles. The molecule has 3 N–H and O–H groups in total. The van der Waals surface area contributed by atoms with Crippen LogP contribution in [0, 0.1) is 0 Å². The SMILES string of the molecule is C[C@H](OC(=O)CNC(=O)/C=C/c1ccccc1)C(=O)NC(=O)NC1CCCCC1. The Labute approximate surface area is 170 Å². The Morgan fingerprint density at radius 1 is 1.10 bits per heavy atom. The molecule has 0 unspecified atom stereocenters. The van der Waals surface area contributed by atoms with Gasteiger partial charge in [-0.3, -0.25) is 19.7 Å². The van der Waals surface area contributed by atoms with Crippen LogP contribution in [0.15, 0.2) is 36.4 Å². The van der Waals surface area contributed by atoms with E-state index in [-0.39, 0.29) is 12.6 Å². The number of urea groups is 1. The van der Waals surface area contributed by atoms with E-state index in [1.54, 1.807) is 6.08 Å². The zero-order chi connectivity index (χ0) is 21.1. The van der Waals surface area contributed by atoms with Crippen LogP contribution in [0.25, 0.3) is 6.08 Å². The van der Waals surface area contributed by atoms with Crippen LogP contribution >= 0.6 is 0 Å². The number of hydrogen-bond donors (Lipinski definition) is 3. The van der Waals surface area contributed by atoms with Gasteiger partial charge in [-0.1, -0.05) is 49.6 Å². The first-order valence-corrected chi connectivity index (χ1v) is 9.76. The minimum atomic E-state index is -1.16. The highest BCUT2D eigenvalue weighted by Gasteiger charge is 2.22. The van der Waals surface area contributed by atoms with Crippen molar-refractivity contribution in [2.75, 3.05) is 6.54 Å². The van der Waals surface area contributed by atoms with Gasteiger partial charge in [0.2, 0.25) is 5.91 Å². The van der Waals surface area contributed by atoms with Crippen molar-refractivity contribution < 1.29 is 23.9 Å². The van der Waals surface area contributed by atoms with Gasteiger partial charge in [-0.2, -0.15) is 0 Å². The molecule has 0 heterocycles. The molecule has 0 saturated heterocycles. The number of benzene rings is 1. The molecule has 0 aliphatic heterocycles. The predicted molar refractivity (Wildman–Crippen MR) is 108 cm³/mol. The molecule has 1 aliphatic rings. The van der Waals surface area contributed by atoms with Crippen molar-refractivity contribution in [3.63, 3.8) is 0 Å². The van der Waals surface area contributed by atoms with Crippen LogP contribution < -0.4 is 16.0 Å². The number of imide groups is 1. The minimum absolute atomic E-state index is 0.0635. The van der Waals surface area contributed by atoms with Crippen molar-refractivity contribution >= 4 is 29.9 Å². The summed E-state index contributed by atoms with van der Waals surface area (Å²) >= 11 is 0. The van der Waals surface area contributed by atoms with E-state index >= 15 is 0 Å². The monoisotopic (exact) mass is 401 g/mol. The van der Waals surface area contributed by atoms with Crippen molar-refractivity contribution in [1.82, 2.24) is 16.0 Å². The fraction of sp³-hybridized carbons (Fsp3) is 0.429. The van der Waals surface area contributed by atoms with Crippen LogP contribution in [-0.4, -0.2) is 42.5 Å². The van der Waals surface area contributed by atoms with Gasteiger partial charge in [-0.05, 0) is 31.4 Å². The van der Waals surface area contributed by atoms with Gasteiger partial charge in [0, 0.05) is 12.1 Å². The van der Waals surface area contributed by atoms with E-state index in [0.717, 1.165) is 37.7 Å². The highest BCUT2D eigenvalue weighted by atomic mass is 16.5. The van der Waals surface area contributed by atoms with Crippen molar-refractivity contribution in [1.29, 1.82) is 0 Å². The minimum Gasteiger partial charge on any atom is -0.451 e. The molecular formula is C21H27N3O5. The van der Waals surface area contributed by atoms with Crippen LogP contribution in [0.4, 0.5) is 4.79 Å². The molecule has 0 spiro atoms. The van der Waals surface area contributed by atoms with Gasteiger partial charge in [0.25, 0.3) is 5.91 Å². The average molecular weight is 401 g/mol. The number of carbonyl (C=O) groups excluding carboxylic acids is 4. The molecular weight excluding hydrogens is 374 g/mol. The summed E-state index contributed by atoms with van der Waals surface area (Å²) in [5, 5.41) is 7.30. The topological polar surface area (TPSA) is 114 Å². The lowest BCUT2D eigenvalue weighted by Gasteiger charge is -2.23. The lowest BCUT2D eigenvalue weighted by Crippen LogP contribution is -2.48. The molecule has 1 aliphatic carbocycles. The fourth-order valence-electron chi connectivity index (χ4n) is 2.93. The van der Waals surface area contributed by atoms with Gasteiger partial charge in [-0.25, -0.2) is 4.79 Å². The zero-order valence-corrected chi connectivity index (χ0v) is 16.5. The number of carbonyl (C=O) groups is 4. The van der Waals surface area contributed by atoms with E-state index in [4.69, 9.17) is 4.74 Å². The Morgan fingerprint density at radius 3 is 2.48 bits per heavy atom. The van der Waals surface area contributed by atoms with Crippen molar-refractivity contribution in [3.8, 4) is 0 Å². The molecule has 0 radical (unpaired) electrons. The summed E-state index contributed by atoms with van der Waals surface area (Å²) in [6.07, 6.45) is 6.81. The van der Waals surface area contributed by atoms with Crippen LogP contribution in [0.3, 0.4) is 0 Å². The highest BCUT2D eigenvalue weighted by molar-refractivity contribution is 5.97. The van der Waals surface area contributed by atoms with Gasteiger partial charge in [0.1, 0.15) is 6.54 Å². The smallest absolute Gasteiger partial charge is 0.326 e. The maximum Gasteiger partial charge on any atom is 0.326 e. The molecule has 8 heteroatoms. The van der Waals surface area contributed by atoms with Crippen molar-refractivity contribution in [2.45, 2.75) is 51.2 Å². The quantitative estimate of drug-likeness (QED) is 0.477.